The largest absolute Gasteiger partial charge is 0.478 e. The van der Waals surface area contributed by atoms with Gasteiger partial charge in [0.2, 0.25) is 5.88 Å². The minimum atomic E-state index is -0.840. The van der Waals surface area contributed by atoms with Gasteiger partial charge in [-0.1, -0.05) is 24.3 Å². The quantitative estimate of drug-likeness (QED) is 0.200. The maximum atomic E-state index is 14.8. The Morgan fingerprint density at radius 3 is 2.64 bits per heavy atom. The summed E-state index contributed by atoms with van der Waals surface area (Å²) in [7, 11) is 4.04. The van der Waals surface area contributed by atoms with Crippen LogP contribution in [0.5, 0.6) is 5.88 Å². The number of aromatic nitrogens is 3. The smallest absolute Gasteiger partial charge is 0.274 e. The molecule has 6 rings (SSSR count). The molecular weight excluding hydrogens is 575 g/mol. The molecule has 1 aliphatic carbocycles. The fourth-order valence-electron chi connectivity index (χ4n) is 5.43. The first kappa shape index (κ1) is 29.9. The average Bonchev–Trinajstić information content (AvgIpc) is 3.61. The van der Waals surface area contributed by atoms with E-state index in [9.17, 15) is 19.1 Å². The van der Waals surface area contributed by atoms with Crippen molar-refractivity contribution in [1.82, 2.24) is 24.6 Å². The van der Waals surface area contributed by atoms with Gasteiger partial charge in [-0.25, -0.2) is 14.4 Å². The first-order chi connectivity index (χ1) is 21.8. The SMILES string of the molecule is CN(C)CCCOc1ccc(-c2ccn3c(C(=O)Nc4cc(C(=O)N[C@H]5Cc6ccccc6[C@H]5O)ccc4F)cnc3c2)cn1. The lowest BCUT2D eigenvalue weighted by Crippen LogP contribution is -2.37. The lowest BCUT2D eigenvalue weighted by Gasteiger charge is -2.17. The van der Waals surface area contributed by atoms with Gasteiger partial charge in [0.15, 0.2) is 0 Å². The van der Waals surface area contributed by atoms with Crippen LogP contribution in [0.3, 0.4) is 0 Å². The van der Waals surface area contributed by atoms with Crippen LogP contribution < -0.4 is 15.4 Å². The van der Waals surface area contributed by atoms with Crippen LogP contribution >= 0.6 is 0 Å². The van der Waals surface area contributed by atoms with Crippen LogP contribution in [0.2, 0.25) is 0 Å². The highest BCUT2D eigenvalue weighted by atomic mass is 19.1. The molecule has 2 atom stereocenters. The lowest BCUT2D eigenvalue weighted by atomic mass is 10.1. The van der Waals surface area contributed by atoms with Crippen molar-refractivity contribution in [3.05, 3.63) is 114 Å². The fourth-order valence-corrected chi connectivity index (χ4v) is 5.43. The van der Waals surface area contributed by atoms with E-state index in [0.717, 1.165) is 41.3 Å². The molecule has 11 heteroatoms. The van der Waals surface area contributed by atoms with Crippen molar-refractivity contribution in [3.63, 3.8) is 0 Å². The van der Waals surface area contributed by atoms with E-state index in [-0.39, 0.29) is 16.9 Å². The van der Waals surface area contributed by atoms with Crippen molar-refractivity contribution in [2.45, 2.75) is 25.0 Å². The van der Waals surface area contributed by atoms with Gasteiger partial charge in [-0.15, -0.1) is 0 Å². The van der Waals surface area contributed by atoms with Crippen LogP contribution in [0.1, 0.15) is 44.5 Å². The zero-order valence-corrected chi connectivity index (χ0v) is 24.9. The Morgan fingerprint density at radius 1 is 1.02 bits per heavy atom. The fraction of sp³-hybridized carbons (Fsp3) is 0.235. The molecule has 2 aromatic carbocycles. The molecule has 1 aliphatic rings. The summed E-state index contributed by atoms with van der Waals surface area (Å²) in [6.45, 7) is 1.51. The molecule has 0 unspecified atom stereocenters. The summed E-state index contributed by atoms with van der Waals surface area (Å²) in [5.41, 5.74) is 4.17. The predicted octanol–water partition coefficient (Wildman–Crippen LogP) is 4.51. The minimum Gasteiger partial charge on any atom is -0.478 e. The molecule has 0 saturated carbocycles. The van der Waals surface area contributed by atoms with Gasteiger partial charge in [0, 0.05) is 36.1 Å². The van der Waals surface area contributed by atoms with Gasteiger partial charge in [0.05, 0.1) is 30.6 Å². The number of aliphatic hydroxyl groups excluding tert-OH is 1. The van der Waals surface area contributed by atoms with Crippen molar-refractivity contribution in [2.24, 2.45) is 0 Å². The van der Waals surface area contributed by atoms with Crippen molar-refractivity contribution in [1.29, 1.82) is 0 Å². The van der Waals surface area contributed by atoms with Crippen molar-refractivity contribution in [2.75, 3.05) is 32.6 Å². The number of pyridine rings is 2. The number of rotatable bonds is 10. The van der Waals surface area contributed by atoms with Gasteiger partial charge < -0.3 is 25.4 Å². The lowest BCUT2D eigenvalue weighted by molar-refractivity contribution is 0.0858. The number of amides is 2. The maximum absolute atomic E-state index is 14.8. The number of imidazole rings is 1. The Balaban J connectivity index is 1.12. The number of anilines is 1. The molecule has 0 bridgehead atoms. The van der Waals surface area contributed by atoms with Crippen LogP contribution in [-0.4, -0.2) is 69.5 Å². The highest BCUT2D eigenvalue weighted by molar-refractivity contribution is 6.04. The molecule has 0 fully saturated rings. The molecule has 3 heterocycles. The summed E-state index contributed by atoms with van der Waals surface area (Å²) < 4.78 is 22.1. The number of hydrogen-bond donors (Lipinski definition) is 3. The Kier molecular flexibility index (Phi) is 8.54. The number of benzene rings is 2. The number of carbonyl (C=O) groups is 2. The van der Waals surface area contributed by atoms with Gasteiger partial charge in [-0.2, -0.15) is 0 Å². The zero-order valence-electron chi connectivity index (χ0n) is 24.9. The second-order valence-corrected chi connectivity index (χ2v) is 11.3. The van der Waals surface area contributed by atoms with Crippen LogP contribution in [-0.2, 0) is 6.42 Å². The summed E-state index contributed by atoms with van der Waals surface area (Å²) in [5.74, 6) is -1.22. The summed E-state index contributed by atoms with van der Waals surface area (Å²) in [4.78, 5) is 37.1. The number of ether oxygens (including phenoxy) is 1. The van der Waals surface area contributed by atoms with Crippen molar-refractivity contribution >= 4 is 23.1 Å². The molecule has 230 valence electrons. The summed E-state index contributed by atoms with van der Waals surface area (Å²) in [6, 6.07) is 18.1. The number of hydrogen-bond acceptors (Lipinski definition) is 7. The van der Waals surface area contributed by atoms with Crippen LogP contribution in [0.25, 0.3) is 16.8 Å². The molecule has 0 radical (unpaired) electrons. The molecule has 10 nitrogen and oxygen atoms in total. The monoisotopic (exact) mass is 608 g/mol. The third-order valence-electron chi connectivity index (χ3n) is 7.80. The van der Waals surface area contributed by atoms with Crippen LogP contribution in [0, 0.1) is 5.82 Å². The Bertz CT molecular complexity index is 1860. The highest BCUT2D eigenvalue weighted by Crippen LogP contribution is 2.31. The number of nitrogens with zero attached hydrogens (tertiary/aromatic N) is 4. The van der Waals surface area contributed by atoms with Gasteiger partial charge in [0.1, 0.15) is 17.2 Å². The average molecular weight is 609 g/mol. The van der Waals surface area contributed by atoms with E-state index in [4.69, 9.17) is 4.74 Å². The standard InChI is InChI=1S/C34H33FN6O4/c1-40(2)13-5-15-45-31-11-9-24(19-37-31)21-12-14-41-29(20-36-30(41)18-21)34(44)38-27-17-23(8-10-26(27)35)33(43)39-28-16-22-6-3-4-7-25(22)32(28)42/h3-4,6-12,14,17-20,28,32,42H,5,13,15-16H2,1-2H3,(H,38,44)(H,39,43)/t28-,32+/m0/s1. The van der Waals surface area contributed by atoms with E-state index in [0.29, 0.717) is 24.6 Å². The van der Waals surface area contributed by atoms with Crippen molar-refractivity contribution in [3.8, 4) is 17.0 Å². The second-order valence-electron chi connectivity index (χ2n) is 11.3. The minimum absolute atomic E-state index is 0.149. The molecule has 3 aromatic heterocycles. The Labute approximate surface area is 259 Å². The van der Waals surface area contributed by atoms with Crippen LogP contribution in [0.4, 0.5) is 10.1 Å². The third-order valence-corrected chi connectivity index (χ3v) is 7.80. The van der Waals surface area contributed by atoms with Crippen molar-refractivity contribution < 1.29 is 23.8 Å². The van der Waals surface area contributed by atoms with Gasteiger partial charge in [-0.05, 0) is 80.0 Å². The van der Waals surface area contributed by atoms with Crippen LogP contribution in [0.15, 0.2) is 85.3 Å². The van der Waals surface area contributed by atoms with E-state index in [1.807, 2.05) is 62.6 Å². The molecule has 0 spiro atoms. The topological polar surface area (TPSA) is 121 Å². The Morgan fingerprint density at radius 2 is 1.87 bits per heavy atom. The Hall–Kier alpha value is -5.13. The van der Waals surface area contributed by atoms with E-state index < -0.39 is 29.8 Å². The zero-order chi connectivity index (χ0) is 31.5. The highest BCUT2D eigenvalue weighted by Gasteiger charge is 2.32. The molecule has 0 saturated heterocycles. The number of aliphatic hydroxyl groups is 1. The van der Waals surface area contributed by atoms with E-state index in [1.54, 1.807) is 16.8 Å². The number of nitrogens with one attached hydrogen (secondary N) is 2. The summed E-state index contributed by atoms with van der Waals surface area (Å²) in [5, 5.41) is 16.0. The number of carbonyl (C=O) groups excluding carboxylic acids is 2. The third kappa shape index (κ3) is 6.54. The van der Waals surface area contributed by atoms with Gasteiger partial charge >= 0.3 is 0 Å². The normalized spacial score (nSPS) is 15.7. The molecule has 0 aliphatic heterocycles. The predicted molar refractivity (Wildman–Crippen MR) is 168 cm³/mol. The van der Waals surface area contributed by atoms with E-state index >= 15 is 0 Å². The molecule has 3 N–H and O–H groups in total. The number of halogens is 1. The van der Waals surface area contributed by atoms with Gasteiger partial charge in [0.25, 0.3) is 11.8 Å². The van der Waals surface area contributed by atoms with E-state index in [1.165, 1.54) is 18.3 Å². The molecule has 2 amide bonds. The molecule has 45 heavy (non-hydrogen) atoms. The summed E-state index contributed by atoms with van der Waals surface area (Å²) >= 11 is 0. The second kappa shape index (κ2) is 12.8. The van der Waals surface area contributed by atoms with Gasteiger partial charge in [-0.3, -0.25) is 14.0 Å². The van der Waals surface area contributed by atoms with E-state index in [2.05, 4.69) is 25.5 Å². The number of fused-ring (bicyclic) bond motifs is 2. The molecular formula is C34H33FN6O4. The molecule has 5 aromatic rings. The maximum Gasteiger partial charge on any atom is 0.274 e. The first-order valence-electron chi connectivity index (χ1n) is 14.7. The first-order valence-corrected chi connectivity index (χ1v) is 14.7. The summed E-state index contributed by atoms with van der Waals surface area (Å²) in [6.07, 6.45) is 5.39.